The average molecular weight is 301 g/mol. The number of nitrogens with zero attached hydrogens (tertiary/aromatic N) is 2. The number of nitrogens with one attached hydrogen (secondary N) is 1. The number of fused-ring (bicyclic) bond motifs is 1. The summed E-state index contributed by atoms with van der Waals surface area (Å²) in [6.45, 7) is 6.44. The van der Waals surface area contributed by atoms with Crippen LogP contribution in [0, 0.1) is 18.8 Å². The minimum Gasteiger partial charge on any atom is -0.316 e. The minimum absolute atomic E-state index is 0.132. The smallest absolute Gasteiger partial charge is 0.254 e. The fourth-order valence-electron chi connectivity index (χ4n) is 3.34. The van der Waals surface area contributed by atoms with Crippen LogP contribution in [0.4, 0.5) is 0 Å². The molecule has 2 aliphatic rings. The van der Waals surface area contributed by atoms with Gasteiger partial charge in [0.05, 0.1) is 11.2 Å². The van der Waals surface area contributed by atoms with Gasteiger partial charge in [-0.1, -0.05) is 6.92 Å². The van der Waals surface area contributed by atoms with Crippen molar-refractivity contribution in [1.82, 2.24) is 14.6 Å². The Morgan fingerprint density at radius 1 is 1.53 bits per heavy atom. The molecule has 3 unspecified atom stereocenters. The van der Waals surface area contributed by atoms with E-state index in [0.717, 1.165) is 24.5 Å². The molecule has 7 heteroatoms. The van der Waals surface area contributed by atoms with Crippen LogP contribution in [-0.4, -0.2) is 43.4 Å². The van der Waals surface area contributed by atoms with Gasteiger partial charge in [0.15, 0.2) is 4.21 Å². The standard InChI is InChI=1S/C12H19N3O2S2/c1-3-11-10-5-13-4-9(10)7-15(11)19(16,17)12-6-14-8(2)18-12/h6,9-11,13H,3-5,7H2,1-2H3. The highest BCUT2D eigenvalue weighted by atomic mass is 32.2. The maximum atomic E-state index is 12.7. The molecule has 2 fully saturated rings. The van der Waals surface area contributed by atoms with Crippen molar-refractivity contribution in [2.75, 3.05) is 19.6 Å². The van der Waals surface area contributed by atoms with Gasteiger partial charge in [0.1, 0.15) is 0 Å². The Kier molecular flexibility index (Phi) is 3.41. The third kappa shape index (κ3) is 2.12. The molecule has 0 spiro atoms. The first kappa shape index (κ1) is 13.5. The Morgan fingerprint density at radius 3 is 2.95 bits per heavy atom. The van der Waals surface area contributed by atoms with E-state index in [4.69, 9.17) is 0 Å². The fourth-order valence-corrected chi connectivity index (χ4v) is 6.38. The maximum absolute atomic E-state index is 12.7. The Bertz CT molecular complexity index is 569. The molecule has 0 saturated carbocycles. The summed E-state index contributed by atoms with van der Waals surface area (Å²) in [4.78, 5) is 4.08. The molecule has 0 amide bonds. The predicted molar refractivity (Wildman–Crippen MR) is 74.7 cm³/mol. The molecule has 3 rings (SSSR count). The number of aromatic nitrogens is 1. The van der Waals surface area contributed by atoms with Crippen LogP contribution in [0.1, 0.15) is 18.4 Å². The van der Waals surface area contributed by atoms with Crippen LogP contribution < -0.4 is 5.32 Å². The van der Waals surface area contributed by atoms with Crippen LogP contribution in [0.5, 0.6) is 0 Å². The van der Waals surface area contributed by atoms with E-state index in [-0.39, 0.29) is 6.04 Å². The Hall–Kier alpha value is -0.500. The summed E-state index contributed by atoms with van der Waals surface area (Å²) in [5.74, 6) is 0.933. The number of aryl methyl sites for hydroxylation is 1. The molecule has 0 bridgehead atoms. The summed E-state index contributed by atoms with van der Waals surface area (Å²) in [6, 6.07) is 0.132. The van der Waals surface area contributed by atoms with Gasteiger partial charge in [-0.2, -0.15) is 4.31 Å². The van der Waals surface area contributed by atoms with Gasteiger partial charge in [0.25, 0.3) is 10.0 Å². The molecule has 0 radical (unpaired) electrons. The molecule has 0 aromatic carbocycles. The topological polar surface area (TPSA) is 62.3 Å². The first-order valence-electron chi connectivity index (χ1n) is 6.69. The van der Waals surface area contributed by atoms with Crippen molar-refractivity contribution in [3.63, 3.8) is 0 Å². The Labute approximate surface area is 118 Å². The molecule has 2 saturated heterocycles. The lowest BCUT2D eigenvalue weighted by Crippen LogP contribution is -2.39. The van der Waals surface area contributed by atoms with Crippen molar-refractivity contribution in [3.05, 3.63) is 11.2 Å². The molecule has 2 aliphatic heterocycles. The Morgan fingerprint density at radius 2 is 2.32 bits per heavy atom. The number of sulfonamides is 1. The SMILES string of the molecule is CCC1C2CNCC2CN1S(=O)(=O)c1cnc(C)s1. The van der Waals surface area contributed by atoms with Crippen molar-refractivity contribution in [2.45, 2.75) is 30.5 Å². The predicted octanol–water partition coefficient (Wildman–Crippen LogP) is 1.07. The number of hydrogen-bond donors (Lipinski definition) is 1. The van der Waals surface area contributed by atoms with Gasteiger partial charge in [0.2, 0.25) is 0 Å². The largest absolute Gasteiger partial charge is 0.316 e. The van der Waals surface area contributed by atoms with Gasteiger partial charge < -0.3 is 5.32 Å². The summed E-state index contributed by atoms with van der Waals surface area (Å²) in [6.07, 6.45) is 2.37. The van der Waals surface area contributed by atoms with E-state index in [1.165, 1.54) is 17.5 Å². The quantitative estimate of drug-likeness (QED) is 0.907. The molecule has 5 nitrogen and oxygen atoms in total. The van der Waals surface area contributed by atoms with E-state index in [1.54, 1.807) is 4.31 Å². The van der Waals surface area contributed by atoms with Gasteiger partial charge in [-0.15, -0.1) is 11.3 Å². The zero-order valence-electron chi connectivity index (χ0n) is 11.2. The summed E-state index contributed by atoms with van der Waals surface area (Å²) in [5.41, 5.74) is 0. The van der Waals surface area contributed by atoms with Gasteiger partial charge in [0, 0.05) is 12.6 Å². The van der Waals surface area contributed by atoms with Crippen LogP contribution in [0.2, 0.25) is 0 Å². The number of thiazole rings is 1. The van der Waals surface area contributed by atoms with Crippen LogP contribution in [0.15, 0.2) is 10.4 Å². The highest BCUT2D eigenvalue weighted by molar-refractivity contribution is 7.91. The van der Waals surface area contributed by atoms with E-state index >= 15 is 0 Å². The normalized spacial score (nSPS) is 31.8. The lowest BCUT2D eigenvalue weighted by atomic mass is 9.93. The minimum atomic E-state index is -3.36. The van der Waals surface area contributed by atoms with E-state index in [0.29, 0.717) is 22.6 Å². The maximum Gasteiger partial charge on any atom is 0.254 e. The molecule has 3 atom stereocenters. The summed E-state index contributed by atoms with van der Waals surface area (Å²) in [5, 5.41) is 4.17. The highest BCUT2D eigenvalue weighted by Gasteiger charge is 2.48. The van der Waals surface area contributed by atoms with Crippen LogP contribution in [0.3, 0.4) is 0 Å². The van der Waals surface area contributed by atoms with Crippen molar-refractivity contribution in [3.8, 4) is 0 Å². The summed E-state index contributed by atoms with van der Waals surface area (Å²) >= 11 is 1.27. The third-order valence-corrected chi connectivity index (χ3v) is 7.49. The molecule has 1 N–H and O–H groups in total. The van der Waals surface area contributed by atoms with E-state index < -0.39 is 10.0 Å². The molecule has 1 aromatic rings. The lowest BCUT2D eigenvalue weighted by molar-refractivity contribution is 0.329. The van der Waals surface area contributed by atoms with Crippen molar-refractivity contribution in [1.29, 1.82) is 0 Å². The molecular weight excluding hydrogens is 282 g/mol. The van der Waals surface area contributed by atoms with E-state index in [2.05, 4.69) is 17.2 Å². The van der Waals surface area contributed by atoms with Gasteiger partial charge >= 0.3 is 0 Å². The lowest BCUT2D eigenvalue weighted by Gasteiger charge is -2.25. The van der Waals surface area contributed by atoms with Crippen LogP contribution >= 0.6 is 11.3 Å². The molecule has 106 valence electrons. The molecule has 3 heterocycles. The van der Waals surface area contributed by atoms with E-state index in [9.17, 15) is 8.42 Å². The Balaban J connectivity index is 1.93. The zero-order chi connectivity index (χ0) is 13.6. The summed E-state index contributed by atoms with van der Waals surface area (Å²) < 4.78 is 27.6. The first-order valence-corrected chi connectivity index (χ1v) is 8.94. The molecule has 19 heavy (non-hydrogen) atoms. The highest BCUT2D eigenvalue weighted by Crippen LogP contribution is 2.38. The van der Waals surface area contributed by atoms with E-state index in [1.807, 2.05) is 6.92 Å². The van der Waals surface area contributed by atoms with Crippen LogP contribution in [-0.2, 0) is 10.0 Å². The zero-order valence-corrected chi connectivity index (χ0v) is 12.8. The number of rotatable bonds is 3. The first-order chi connectivity index (χ1) is 9.04. The van der Waals surface area contributed by atoms with Crippen molar-refractivity contribution in [2.24, 2.45) is 11.8 Å². The van der Waals surface area contributed by atoms with Gasteiger partial charge in [-0.25, -0.2) is 13.4 Å². The molecule has 1 aromatic heterocycles. The molecule has 0 aliphatic carbocycles. The van der Waals surface area contributed by atoms with Crippen LogP contribution in [0.25, 0.3) is 0 Å². The number of hydrogen-bond acceptors (Lipinski definition) is 5. The van der Waals surface area contributed by atoms with Gasteiger partial charge in [-0.3, -0.25) is 0 Å². The fraction of sp³-hybridized carbons (Fsp3) is 0.750. The second-order valence-corrected chi connectivity index (χ2v) is 8.68. The molecular formula is C12H19N3O2S2. The second-order valence-electron chi connectivity index (χ2n) is 5.33. The van der Waals surface area contributed by atoms with Gasteiger partial charge in [-0.05, 0) is 38.3 Å². The summed E-state index contributed by atoms with van der Waals surface area (Å²) in [7, 11) is -3.36. The monoisotopic (exact) mass is 301 g/mol. The van der Waals surface area contributed by atoms with Crippen molar-refractivity contribution >= 4 is 21.4 Å². The van der Waals surface area contributed by atoms with Crippen molar-refractivity contribution < 1.29 is 8.42 Å². The second kappa shape index (κ2) is 4.80. The third-order valence-electron chi connectivity index (χ3n) is 4.25. The average Bonchev–Trinajstić information content (AvgIpc) is 3.02.